The molecule has 0 radical (unpaired) electrons. The van der Waals surface area contributed by atoms with Gasteiger partial charge < -0.3 is 10.5 Å². The van der Waals surface area contributed by atoms with E-state index in [2.05, 4.69) is 0 Å². The molecular formula is C15H15F2NO. The molecule has 2 rings (SSSR count). The fraction of sp³-hybridized carbons (Fsp3) is 0.200. The Labute approximate surface area is 110 Å². The highest BCUT2D eigenvalue weighted by Gasteiger charge is 2.13. The van der Waals surface area contributed by atoms with Gasteiger partial charge in [0.05, 0.1) is 6.61 Å². The predicted molar refractivity (Wildman–Crippen MR) is 71.8 cm³/mol. The lowest BCUT2D eigenvalue weighted by Crippen LogP contribution is -2.02. The van der Waals surface area contributed by atoms with Crippen LogP contribution in [-0.4, -0.2) is 13.7 Å². The molecule has 0 saturated heterocycles. The van der Waals surface area contributed by atoms with Crippen LogP contribution in [-0.2, 0) is 11.2 Å². The van der Waals surface area contributed by atoms with Crippen LogP contribution in [0.2, 0.25) is 0 Å². The number of halogens is 2. The van der Waals surface area contributed by atoms with Gasteiger partial charge in [-0.2, -0.15) is 0 Å². The van der Waals surface area contributed by atoms with E-state index in [1.165, 1.54) is 12.1 Å². The van der Waals surface area contributed by atoms with Gasteiger partial charge in [0.2, 0.25) is 0 Å². The molecule has 0 spiro atoms. The van der Waals surface area contributed by atoms with Gasteiger partial charge in [0.15, 0.2) is 11.6 Å². The lowest BCUT2D eigenvalue weighted by molar-refractivity contribution is 0.202. The maximum atomic E-state index is 13.8. The number of benzene rings is 2. The van der Waals surface area contributed by atoms with Crippen LogP contribution < -0.4 is 5.73 Å². The normalized spacial score (nSPS) is 10.7. The Kier molecular flexibility index (Phi) is 4.12. The molecule has 2 aromatic carbocycles. The molecule has 19 heavy (non-hydrogen) atoms. The second-order valence-corrected chi connectivity index (χ2v) is 4.22. The lowest BCUT2D eigenvalue weighted by atomic mass is 9.98. The Balaban J connectivity index is 2.48. The van der Waals surface area contributed by atoms with Crippen LogP contribution in [0.15, 0.2) is 36.4 Å². The number of hydrogen-bond donors (Lipinski definition) is 1. The summed E-state index contributed by atoms with van der Waals surface area (Å²) in [6.07, 6.45) is 0.632. The second kappa shape index (κ2) is 5.80. The zero-order valence-corrected chi connectivity index (χ0v) is 10.6. The maximum absolute atomic E-state index is 13.8. The van der Waals surface area contributed by atoms with Crippen molar-refractivity contribution in [3.63, 3.8) is 0 Å². The van der Waals surface area contributed by atoms with Crippen molar-refractivity contribution in [2.75, 3.05) is 19.5 Å². The summed E-state index contributed by atoms with van der Waals surface area (Å²) >= 11 is 0. The van der Waals surface area contributed by atoms with Crippen molar-refractivity contribution < 1.29 is 13.5 Å². The van der Waals surface area contributed by atoms with Gasteiger partial charge in [-0.15, -0.1) is 0 Å². The molecule has 2 aromatic rings. The first kappa shape index (κ1) is 13.5. The van der Waals surface area contributed by atoms with Crippen molar-refractivity contribution in [2.24, 2.45) is 0 Å². The summed E-state index contributed by atoms with van der Waals surface area (Å²) in [5.41, 5.74) is 8.04. The molecule has 0 aliphatic carbocycles. The van der Waals surface area contributed by atoms with Crippen LogP contribution in [0.25, 0.3) is 11.1 Å². The van der Waals surface area contributed by atoms with Crippen molar-refractivity contribution in [1.29, 1.82) is 0 Å². The summed E-state index contributed by atoms with van der Waals surface area (Å²) in [7, 11) is 1.60. The average molecular weight is 263 g/mol. The molecule has 0 fully saturated rings. The van der Waals surface area contributed by atoms with Gasteiger partial charge in [-0.05, 0) is 18.1 Å². The minimum atomic E-state index is -0.877. The zero-order valence-electron chi connectivity index (χ0n) is 10.6. The van der Waals surface area contributed by atoms with Crippen molar-refractivity contribution in [2.45, 2.75) is 6.42 Å². The third kappa shape index (κ3) is 2.74. The zero-order chi connectivity index (χ0) is 13.8. The summed E-state index contributed by atoms with van der Waals surface area (Å²) in [5, 5.41) is 0. The molecule has 0 atom stereocenters. The van der Waals surface area contributed by atoms with E-state index in [0.29, 0.717) is 24.3 Å². The predicted octanol–water partition coefficient (Wildman–Crippen LogP) is 3.40. The molecule has 0 saturated carbocycles. The molecule has 0 aliphatic heterocycles. The van der Waals surface area contributed by atoms with Gasteiger partial charge in [0, 0.05) is 23.9 Å². The highest BCUT2D eigenvalue weighted by Crippen LogP contribution is 2.31. The van der Waals surface area contributed by atoms with E-state index in [1.807, 2.05) is 6.07 Å². The maximum Gasteiger partial charge on any atom is 0.166 e. The molecule has 2 nitrogen and oxygen atoms in total. The molecule has 0 heterocycles. The van der Waals surface area contributed by atoms with Crippen LogP contribution in [0.3, 0.4) is 0 Å². The van der Waals surface area contributed by atoms with E-state index >= 15 is 0 Å². The standard InChI is InChI=1S/C15H15F2NO/c1-19-9-8-10-4-2-6-12(15(10)18)11-5-3-7-13(16)14(11)17/h2-7H,8-9,18H2,1H3. The topological polar surface area (TPSA) is 35.2 Å². The molecule has 0 aromatic heterocycles. The molecule has 0 amide bonds. The van der Waals surface area contributed by atoms with Crippen molar-refractivity contribution in [3.8, 4) is 11.1 Å². The van der Waals surface area contributed by atoms with Gasteiger partial charge in [0.1, 0.15) is 0 Å². The lowest BCUT2D eigenvalue weighted by Gasteiger charge is -2.12. The highest BCUT2D eigenvalue weighted by molar-refractivity contribution is 5.78. The summed E-state index contributed by atoms with van der Waals surface area (Å²) in [6.45, 7) is 0.527. The highest BCUT2D eigenvalue weighted by atomic mass is 19.2. The van der Waals surface area contributed by atoms with Gasteiger partial charge >= 0.3 is 0 Å². The first-order chi connectivity index (χ1) is 9.15. The minimum absolute atomic E-state index is 0.178. The number of methoxy groups -OCH3 is 1. The monoisotopic (exact) mass is 263 g/mol. The number of para-hydroxylation sites is 1. The number of rotatable bonds is 4. The fourth-order valence-corrected chi connectivity index (χ4v) is 1.99. The third-order valence-electron chi connectivity index (χ3n) is 3.01. The Bertz CT molecular complexity index is 584. The van der Waals surface area contributed by atoms with Crippen LogP contribution >= 0.6 is 0 Å². The number of anilines is 1. The smallest absolute Gasteiger partial charge is 0.166 e. The van der Waals surface area contributed by atoms with Gasteiger partial charge in [-0.25, -0.2) is 8.78 Å². The van der Waals surface area contributed by atoms with E-state index in [4.69, 9.17) is 10.5 Å². The average Bonchev–Trinajstić information content (AvgIpc) is 2.41. The van der Waals surface area contributed by atoms with Gasteiger partial charge in [-0.1, -0.05) is 30.3 Å². The van der Waals surface area contributed by atoms with Crippen molar-refractivity contribution in [3.05, 3.63) is 53.6 Å². The Morgan fingerprint density at radius 3 is 2.47 bits per heavy atom. The number of nitrogen functional groups attached to an aromatic ring is 1. The van der Waals surface area contributed by atoms with Gasteiger partial charge in [0.25, 0.3) is 0 Å². The Morgan fingerprint density at radius 1 is 1.05 bits per heavy atom. The largest absolute Gasteiger partial charge is 0.398 e. The molecule has 4 heteroatoms. The SMILES string of the molecule is COCCc1cccc(-c2cccc(F)c2F)c1N. The molecule has 100 valence electrons. The first-order valence-corrected chi connectivity index (χ1v) is 5.96. The Hall–Kier alpha value is -1.94. The van der Waals surface area contributed by atoms with E-state index in [1.54, 1.807) is 19.2 Å². The molecule has 0 aliphatic rings. The van der Waals surface area contributed by atoms with Crippen LogP contribution in [0.5, 0.6) is 0 Å². The van der Waals surface area contributed by atoms with Crippen molar-refractivity contribution in [1.82, 2.24) is 0 Å². The van der Waals surface area contributed by atoms with Crippen LogP contribution in [0.1, 0.15) is 5.56 Å². The summed E-state index contributed by atoms with van der Waals surface area (Å²) in [6, 6.07) is 9.39. The van der Waals surface area contributed by atoms with Crippen LogP contribution in [0.4, 0.5) is 14.5 Å². The number of nitrogens with two attached hydrogens (primary N) is 1. The first-order valence-electron chi connectivity index (χ1n) is 5.96. The van der Waals surface area contributed by atoms with Gasteiger partial charge in [-0.3, -0.25) is 0 Å². The summed E-state index contributed by atoms with van der Waals surface area (Å²) < 4.78 is 32.1. The number of ether oxygens (including phenoxy) is 1. The molecular weight excluding hydrogens is 248 g/mol. The quantitative estimate of drug-likeness (QED) is 0.858. The van der Waals surface area contributed by atoms with Crippen molar-refractivity contribution >= 4 is 5.69 Å². The minimum Gasteiger partial charge on any atom is -0.398 e. The van der Waals surface area contributed by atoms with E-state index in [9.17, 15) is 8.78 Å². The second-order valence-electron chi connectivity index (χ2n) is 4.22. The third-order valence-corrected chi connectivity index (χ3v) is 3.01. The summed E-state index contributed by atoms with van der Waals surface area (Å²) in [4.78, 5) is 0. The summed E-state index contributed by atoms with van der Waals surface area (Å²) in [5.74, 6) is -1.75. The molecule has 0 unspecified atom stereocenters. The Morgan fingerprint density at radius 2 is 1.74 bits per heavy atom. The van der Waals surface area contributed by atoms with E-state index in [0.717, 1.165) is 11.6 Å². The van der Waals surface area contributed by atoms with Crippen LogP contribution in [0, 0.1) is 11.6 Å². The number of hydrogen-bond acceptors (Lipinski definition) is 2. The molecule has 2 N–H and O–H groups in total. The molecule has 0 bridgehead atoms. The van der Waals surface area contributed by atoms with E-state index < -0.39 is 11.6 Å². The van der Waals surface area contributed by atoms with E-state index in [-0.39, 0.29) is 5.56 Å². The fourth-order valence-electron chi connectivity index (χ4n) is 1.99.